The lowest BCUT2D eigenvalue weighted by molar-refractivity contribution is -0.143. The monoisotopic (exact) mass is 453 g/mol. The summed E-state index contributed by atoms with van der Waals surface area (Å²) in [5, 5.41) is 3.30. The zero-order valence-electron chi connectivity index (χ0n) is 19.9. The number of carbonyl (C=O) groups excluding carboxylic acids is 1. The Labute approximate surface area is 201 Å². The molecule has 1 unspecified atom stereocenters. The number of imidazole rings is 1. The highest BCUT2D eigenvalue weighted by molar-refractivity contribution is 5.76. The number of hydrogen-bond acceptors (Lipinski definition) is 4. The van der Waals surface area contributed by atoms with Crippen molar-refractivity contribution in [3.05, 3.63) is 126 Å². The maximum atomic E-state index is 12.4. The summed E-state index contributed by atoms with van der Waals surface area (Å²) in [6.45, 7) is 4.03. The quantitative estimate of drug-likeness (QED) is 0.292. The molecule has 1 atom stereocenters. The van der Waals surface area contributed by atoms with Crippen molar-refractivity contribution in [3.8, 4) is 0 Å². The second-order valence-corrected chi connectivity index (χ2v) is 8.68. The first-order valence-corrected chi connectivity index (χ1v) is 11.6. The van der Waals surface area contributed by atoms with Gasteiger partial charge >= 0.3 is 5.97 Å². The van der Waals surface area contributed by atoms with E-state index in [0.29, 0.717) is 6.42 Å². The largest absolute Gasteiger partial charge is 0.468 e. The summed E-state index contributed by atoms with van der Waals surface area (Å²) < 4.78 is 7.19. The lowest BCUT2D eigenvalue weighted by Crippen LogP contribution is -2.43. The number of aromatic nitrogens is 2. The number of ether oxygens (including phenoxy) is 1. The summed E-state index contributed by atoms with van der Waals surface area (Å²) in [5.41, 5.74) is 3.57. The zero-order chi connectivity index (χ0) is 24.0. The molecule has 5 heteroatoms. The smallest absolute Gasteiger partial charge is 0.323 e. The van der Waals surface area contributed by atoms with Gasteiger partial charge in [-0.1, -0.05) is 105 Å². The number of esters is 1. The van der Waals surface area contributed by atoms with Crippen LogP contribution in [0, 0.1) is 0 Å². The zero-order valence-corrected chi connectivity index (χ0v) is 19.9. The second-order valence-electron chi connectivity index (χ2n) is 8.68. The lowest BCUT2D eigenvalue weighted by atomic mass is 9.77. The van der Waals surface area contributed by atoms with Gasteiger partial charge in [0.05, 0.1) is 19.1 Å². The van der Waals surface area contributed by atoms with E-state index in [2.05, 4.69) is 82.7 Å². The van der Waals surface area contributed by atoms with Gasteiger partial charge < -0.3 is 14.6 Å². The maximum absolute atomic E-state index is 12.4. The highest BCUT2D eigenvalue weighted by atomic mass is 16.5. The fourth-order valence-electron chi connectivity index (χ4n) is 4.60. The standard InChI is InChI=1S/C29H31N3O2/c1-22(2)31-27(28(33)34-3)19-26-20-32(21-30-26)29(23-13-7-4-8-14-23,24-15-9-5-10-16-24)25-17-11-6-12-18-25/h4-18,20-22,27,31H,19H2,1-3H3. The molecule has 5 nitrogen and oxygen atoms in total. The van der Waals surface area contributed by atoms with E-state index in [-0.39, 0.29) is 12.0 Å². The molecule has 0 amide bonds. The second kappa shape index (κ2) is 10.5. The van der Waals surface area contributed by atoms with E-state index in [1.807, 2.05) is 44.6 Å². The number of benzene rings is 3. The van der Waals surface area contributed by atoms with Crippen LogP contribution in [0.3, 0.4) is 0 Å². The van der Waals surface area contributed by atoms with Crippen LogP contribution >= 0.6 is 0 Å². The Balaban J connectivity index is 1.88. The van der Waals surface area contributed by atoms with Crippen LogP contribution in [0.2, 0.25) is 0 Å². The summed E-state index contributed by atoms with van der Waals surface area (Å²) >= 11 is 0. The topological polar surface area (TPSA) is 56.2 Å². The molecule has 34 heavy (non-hydrogen) atoms. The molecule has 3 aromatic carbocycles. The molecule has 1 heterocycles. The van der Waals surface area contributed by atoms with Crippen LogP contribution in [0.1, 0.15) is 36.2 Å². The molecule has 1 N–H and O–H groups in total. The van der Waals surface area contributed by atoms with Gasteiger partial charge in [0.2, 0.25) is 0 Å². The van der Waals surface area contributed by atoms with Crippen LogP contribution in [0.5, 0.6) is 0 Å². The van der Waals surface area contributed by atoms with Crippen molar-refractivity contribution < 1.29 is 9.53 Å². The van der Waals surface area contributed by atoms with Crippen molar-refractivity contribution in [1.29, 1.82) is 0 Å². The summed E-state index contributed by atoms with van der Waals surface area (Å²) in [7, 11) is 1.42. The molecule has 0 aliphatic heterocycles. The van der Waals surface area contributed by atoms with Gasteiger partial charge in [-0.15, -0.1) is 0 Å². The van der Waals surface area contributed by atoms with E-state index in [4.69, 9.17) is 9.72 Å². The summed E-state index contributed by atoms with van der Waals surface area (Å²) in [5.74, 6) is -0.288. The molecule has 0 bridgehead atoms. The van der Waals surface area contributed by atoms with E-state index in [1.54, 1.807) is 0 Å². The molecular weight excluding hydrogens is 422 g/mol. The van der Waals surface area contributed by atoms with Gasteiger partial charge in [0.1, 0.15) is 11.6 Å². The van der Waals surface area contributed by atoms with Gasteiger partial charge in [-0.05, 0) is 16.7 Å². The van der Waals surface area contributed by atoms with Gasteiger partial charge in [0, 0.05) is 18.7 Å². The average Bonchev–Trinajstić information content (AvgIpc) is 3.34. The number of hydrogen-bond donors (Lipinski definition) is 1. The van der Waals surface area contributed by atoms with Crippen molar-refractivity contribution in [2.24, 2.45) is 0 Å². The Morgan fingerprint density at radius 3 is 1.76 bits per heavy atom. The molecule has 0 saturated carbocycles. The van der Waals surface area contributed by atoms with E-state index < -0.39 is 11.6 Å². The minimum Gasteiger partial charge on any atom is -0.468 e. The third-order valence-corrected chi connectivity index (χ3v) is 6.03. The third-order valence-electron chi connectivity index (χ3n) is 6.03. The minimum atomic E-state index is -0.624. The number of rotatable bonds is 9. The van der Waals surface area contributed by atoms with Crippen LogP contribution in [-0.2, 0) is 21.5 Å². The van der Waals surface area contributed by atoms with Gasteiger partial charge in [-0.2, -0.15) is 0 Å². The molecule has 0 radical (unpaired) electrons. The van der Waals surface area contributed by atoms with Crippen molar-refractivity contribution in [1.82, 2.24) is 14.9 Å². The Bertz CT molecular complexity index is 1090. The first-order valence-electron chi connectivity index (χ1n) is 11.6. The van der Waals surface area contributed by atoms with Crippen molar-refractivity contribution in [2.45, 2.75) is 37.9 Å². The predicted octanol–water partition coefficient (Wildman–Crippen LogP) is 4.81. The normalized spacial score (nSPS) is 12.5. The van der Waals surface area contributed by atoms with Gasteiger partial charge in [0.15, 0.2) is 0 Å². The fourth-order valence-corrected chi connectivity index (χ4v) is 4.60. The van der Waals surface area contributed by atoms with Crippen LogP contribution in [0.4, 0.5) is 0 Å². The average molecular weight is 454 g/mol. The maximum Gasteiger partial charge on any atom is 0.323 e. The van der Waals surface area contributed by atoms with Crippen LogP contribution in [0.25, 0.3) is 0 Å². The number of carbonyl (C=O) groups is 1. The molecule has 0 aliphatic carbocycles. The number of methoxy groups -OCH3 is 1. The van der Waals surface area contributed by atoms with Crippen LogP contribution in [0.15, 0.2) is 104 Å². The predicted molar refractivity (Wildman–Crippen MR) is 135 cm³/mol. The third kappa shape index (κ3) is 4.66. The Morgan fingerprint density at radius 2 is 1.35 bits per heavy atom. The molecule has 0 aliphatic rings. The van der Waals surface area contributed by atoms with Crippen LogP contribution in [-0.4, -0.2) is 34.7 Å². The Morgan fingerprint density at radius 1 is 0.882 bits per heavy atom. The molecule has 4 aromatic rings. The van der Waals surface area contributed by atoms with E-state index in [9.17, 15) is 4.79 Å². The summed E-state index contributed by atoms with van der Waals surface area (Å²) in [6.07, 6.45) is 4.35. The van der Waals surface area contributed by atoms with Gasteiger partial charge in [-0.25, -0.2) is 4.98 Å². The van der Waals surface area contributed by atoms with E-state index in [0.717, 1.165) is 22.4 Å². The SMILES string of the molecule is COC(=O)C(Cc1cn(C(c2ccccc2)(c2ccccc2)c2ccccc2)cn1)NC(C)C. The van der Waals surface area contributed by atoms with Crippen LogP contribution < -0.4 is 5.32 Å². The first kappa shape index (κ1) is 23.5. The Hall–Kier alpha value is -3.70. The highest BCUT2D eigenvalue weighted by Crippen LogP contribution is 2.40. The minimum absolute atomic E-state index is 0.142. The van der Waals surface area contributed by atoms with Gasteiger partial charge in [-0.3, -0.25) is 4.79 Å². The molecule has 0 fully saturated rings. The molecule has 174 valence electrons. The van der Waals surface area contributed by atoms with Crippen molar-refractivity contribution in [3.63, 3.8) is 0 Å². The number of nitrogens with one attached hydrogen (secondary N) is 1. The lowest BCUT2D eigenvalue weighted by Gasteiger charge is -2.37. The summed E-state index contributed by atoms with van der Waals surface area (Å²) in [4.78, 5) is 17.1. The molecule has 0 spiro atoms. The number of nitrogens with zero attached hydrogens (tertiary/aromatic N) is 2. The van der Waals surface area contributed by atoms with Crippen molar-refractivity contribution in [2.75, 3.05) is 7.11 Å². The summed E-state index contributed by atoms with van der Waals surface area (Å²) in [6, 6.07) is 31.0. The first-order chi connectivity index (χ1) is 16.6. The van der Waals surface area contributed by atoms with E-state index >= 15 is 0 Å². The molecule has 1 aromatic heterocycles. The molecule has 0 saturated heterocycles. The molecule has 4 rings (SSSR count). The fraction of sp³-hybridized carbons (Fsp3) is 0.241. The Kier molecular flexibility index (Phi) is 7.24. The molecular formula is C29H31N3O2. The van der Waals surface area contributed by atoms with Crippen molar-refractivity contribution >= 4 is 5.97 Å². The van der Waals surface area contributed by atoms with Gasteiger partial charge in [0.25, 0.3) is 0 Å². The van der Waals surface area contributed by atoms with E-state index in [1.165, 1.54) is 7.11 Å². The highest BCUT2D eigenvalue weighted by Gasteiger charge is 2.38.